The predicted molar refractivity (Wildman–Crippen MR) is 77.9 cm³/mol. The van der Waals surface area contributed by atoms with Crippen molar-refractivity contribution in [2.75, 3.05) is 23.3 Å². The van der Waals surface area contributed by atoms with Crippen LogP contribution >= 0.6 is 0 Å². The zero-order chi connectivity index (χ0) is 14.4. The Hall–Kier alpha value is -1.83. The number of nitrogens with two attached hydrogens (primary N) is 1. The molecule has 0 atom stereocenters. The van der Waals surface area contributed by atoms with Gasteiger partial charge in [0.1, 0.15) is 11.4 Å². The van der Waals surface area contributed by atoms with E-state index in [2.05, 4.69) is 10.4 Å². The average Bonchev–Trinajstić information content (AvgIpc) is 2.47. The molecule has 1 aromatic rings. The van der Waals surface area contributed by atoms with E-state index < -0.39 is 0 Å². The van der Waals surface area contributed by atoms with Crippen LogP contribution in [0.15, 0.2) is 29.3 Å². The van der Waals surface area contributed by atoms with E-state index in [1.807, 2.05) is 0 Å². The molecule has 7 nitrogen and oxygen atoms in total. The highest BCUT2D eigenvalue weighted by Gasteiger charge is 2.25. The Morgan fingerprint density at radius 1 is 1.05 bits per heavy atom. The molecule has 0 aliphatic carbocycles. The first kappa shape index (κ1) is 14.6. The third-order valence-corrected chi connectivity index (χ3v) is 3.12. The van der Waals surface area contributed by atoms with Gasteiger partial charge in [0.2, 0.25) is 5.96 Å². The lowest BCUT2D eigenvalue weighted by molar-refractivity contribution is 0.216. The van der Waals surface area contributed by atoms with Crippen molar-refractivity contribution in [2.45, 2.75) is 25.7 Å². The molecule has 0 bridgehead atoms. The van der Waals surface area contributed by atoms with Gasteiger partial charge in [0, 0.05) is 6.54 Å². The molecule has 0 spiro atoms. The summed E-state index contributed by atoms with van der Waals surface area (Å²) in [5.41, 5.74) is 9.00. The van der Waals surface area contributed by atoms with Crippen LogP contribution < -0.4 is 21.4 Å². The Labute approximate surface area is 118 Å². The molecule has 0 amide bonds. The van der Waals surface area contributed by atoms with Gasteiger partial charge in [0.15, 0.2) is 0 Å². The smallest absolute Gasteiger partial charge is 0.244 e. The van der Waals surface area contributed by atoms with Crippen molar-refractivity contribution in [1.82, 2.24) is 5.43 Å². The third-order valence-electron chi connectivity index (χ3n) is 3.12. The number of hydrazine groups is 1. The number of hydrogen-bond acceptors (Lipinski definition) is 5. The average molecular weight is 279 g/mol. The van der Waals surface area contributed by atoms with E-state index in [0.29, 0.717) is 17.9 Å². The van der Waals surface area contributed by atoms with E-state index in [0.717, 1.165) is 42.5 Å². The maximum Gasteiger partial charge on any atom is 0.244 e. The monoisotopic (exact) mass is 279 g/mol. The van der Waals surface area contributed by atoms with Gasteiger partial charge in [0.05, 0.1) is 0 Å². The summed E-state index contributed by atoms with van der Waals surface area (Å²) in [5, 5.41) is 21.7. The van der Waals surface area contributed by atoms with Crippen molar-refractivity contribution < 1.29 is 10.4 Å². The van der Waals surface area contributed by atoms with E-state index in [-0.39, 0.29) is 5.96 Å². The minimum atomic E-state index is 0.213. The molecule has 0 unspecified atom stereocenters. The zero-order valence-corrected chi connectivity index (χ0v) is 11.4. The van der Waals surface area contributed by atoms with Crippen LogP contribution in [0.1, 0.15) is 25.7 Å². The Morgan fingerprint density at radius 2 is 1.75 bits per heavy atom. The first-order valence-corrected chi connectivity index (χ1v) is 6.82. The van der Waals surface area contributed by atoms with Crippen molar-refractivity contribution in [3.05, 3.63) is 24.3 Å². The lowest BCUT2D eigenvalue weighted by Gasteiger charge is -2.32. The third kappa shape index (κ3) is 3.38. The lowest BCUT2D eigenvalue weighted by Crippen LogP contribution is -2.52. The molecule has 1 aromatic carbocycles. The summed E-state index contributed by atoms with van der Waals surface area (Å²) >= 11 is 0. The number of aliphatic imine (C=N–C) groups is 1. The SMILES string of the molecule is NCCCCCCN=C1NN(O)c2ccccc2N1O. The maximum atomic E-state index is 10.1. The van der Waals surface area contributed by atoms with Crippen LogP contribution in [0.2, 0.25) is 0 Å². The minimum absolute atomic E-state index is 0.213. The summed E-state index contributed by atoms with van der Waals surface area (Å²) in [6, 6.07) is 6.95. The molecular formula is C13H21N5O2. The second-order valence-electron chi connectivity index (χ2n) is 4.63. The van der Waals surface area contributed by atoms with Gasteiger partial charge in [-0.25, -0.2) is 10.4 Å². The van der Waals surface area contributed by atoms with E-state index >= 15 is 0 Å². The van der Waals surface area contributed by atoms with Gasteiger partial charge < -0.3 is 5.73 Å². The summed E-state index contributed by atoms with van der Waals surface area (Å²) < 4.78 is 0. The maximum absolute atomic E-state index is 10.1. The van der Waals surface area contributed by atoms with Gasteiger partial charge in [0.25, 0.3) is 0 Å². The van der Waals surface area contributed by atoms with Crippen molar-refractivity contribution in [1.29, 1.82) is 0 Å². The molecule has 0 fully saturated rings. The van der Waals surface area contributed by atoms with E-state index in [1.165, 1.54) is 0 Å². The molecule has 0 radical (unpaired) electrons. The van der Waals surface area contributed by atoms with Crippen molar-refractivity contribution in [3.63, 3.8) is 0 Å². The van der Waals surface area contributed by atoms with Gasteiger partial charge in [-0.1, -0.05) is 25.0 Å². The number of unbranched alkanes of at least 4 members (excludes halogenated alkanes) is 3. The fourth-order valence-corrected chi connectivity index (χ4v) is 2.04. The molecule has 0 aromatic heterocycles. The largest absolute Gasteiger partial charge is 0.330 e. The number of benzene rings is 1. The first-order valence-electron chi connectivity index (χ1n) is 6.82. The predicted octanol–water partition coefficient (Wildman–Crippen LogP) is 1.47. The van der Waals surface area contributed by atoms with Gasteiger partial charge >= 0.3 is 0 Å². The summed E-state index contributed by atoms with van der Waals surface area (Å²) in [4.78, 5) is 4.26. The second kappa shape index (κ2) is 7.09. The fourth-order valence-electron chi connectivity index (χ4n) is 2.04. The highest BCUT2D eigenvalue weighted by molar-refractivity contribution is 6.00. The number of guanidine groups is 1. The first-order chi connectivity index (χ1) is 9.74. The Balaban J connectivity index is 1.94. The fraction of sp³-hybridized carbons (Fsp3) is 0.462. The number of nitrogens with one attached hydrogen (secondary N) is 1. The highest BCUT2D eigenvalue weighted by Crippen LogP contribution is 2.29. The number of hydroxylamine groups is 1. The van der Waals surface area contributed by atoms with Crippen molar-refractivity contribution >= 4 is 17.3 Å². The van der Waals surface area contributed by atoms with Crippen LogP contribution in [-0.2, 0) is 0 Å². The molecular weight excluding hydrogens is 258 g/mol. The summed E-state index contributed by atoms with van der Waals surface area (Å²) in [5.74, 6) is 0.213. The van der Waals surface area contributed by atoms with Gasteiger partial charge in [-0.05, 0) is 31.5 Å². The molecule has 0 saturated carbocycles. The van der Waals surface area contributed by atoms with Crippen molar-refractivity contribution in [3.8, 4) is 0 Å². The van der Waals surface area contributed by atoms with Crippen LogP contribution in [0.5, 0.6) is 0 Å². The second-order valence-corrected chi connectivity index (χ2v) is 4.63. The van der Waals surface area contributed by atoms with Crippen molar-refractivity contribution in [2.24, 2.45) is 10.7 Å². The number of hydrogen-bond donors (Lipinski definition) is 4. The summed E-state index contributed by atoms with van der Waals surface area (Å²) in [7, 11) is 0. The van der Waals surface area contributed by atoms with E-state index in [9.17, 15) is 10.4 Å². The van der Waals surface area contributed by atoms with Crippen LogP contribution in [-0.4, -0.2) is 29.5 Å². The number of nitrogens with zero attached hydrogens (tertiary/aromatic N) is 3. The molecule has 5 N–H and O–H groups in total. The van der Waals surface area contributed by atoms with Crippen LogP contribution in [0.25, 0.3) is 0 Å². The van der Waals surface area contributed by atoms with Crippen LogP contribution in [0.4, 0.5) is 11.4 Å². The standard InChI is InChI=1S/C13H21N5O2/c14-9-5-1-2-6-10-15-13-16-18(20)12-8-4-3-7-11(12)17(13)19/h3-4,7-8,19-20H,1-2,5-6,9-10,14H2,(H,15,16). The molecule has 2 rings (SSSR count). The molecule has 1 aliphatic rings. The molecule has 20 heavy (non-hydrogen) atoms. The van der Waals surface area contributed by atoms with Crippen LogP contribution in [0, 0.1) is 0 Å². The number of anilines is 2. The Morgan fingerprint density at radius 3 is 2.50 bits per heavy atom. The highest BCUT2D eigenvalue weighted by atomic mass is 16.6. The summed E-state index contributed by atoms with van der Waals surface area (Å²) in [6.07, 6.45) is 4.09. The van der Waals surface area contributed by atoms with Gasteiger partial charge in [-0.15, -0.1) is 0 Å². The molecule has 110 valence electrons. The Bertz CT molecular complexity index is 466. The molecule has 0 saturated heterocycles. The number of fused-ring (bicyclic) bond motifs is 1. The topological polar surface area (TPSA) is 97.3 Å². The zero-order valence-electron chi connectivity index (χ0n) is 11.4. The minimum Gasteiger partial charge on any atom is -0.330 e. The molecule has 1 heterocycles. The Kier molecular flexibility index (Phi) is 5.16. The van der Waals surface area contributed by atoms with Crippen LogP contribution in [0.3, 0.4) is 0 Å². The summed E-state index contributed by atoms with van der Waals surface area (Å²) in [6.45, 7) is 1.30. The lowest BCUT2D eigenvalue weighted by atomic mass is 10.2. The molecule has 7 heteroatoms. The quantitative estimate of drug-likeness (QED) is 0.589. The normalized spacial score (nSPS) is 16.2. The van der Waals surface area contributed by atoms with E-state index in [1.54, 1.807) is 24.3 Å². The van der Waals surface area contributed by atoms with Gasteiger partial charge in [-0.3, -0.25) is 10.4 Å². The number of para-hydroxylation sites is 2. The number of rotatable bonds is 6. The van der Waals surface area contributed by atoms with E-state index in [4.69, 9.17) is 5.73 Å². The molecule has 1 aliphatic heterocycles. The van der Waals surface area contributed by atoms with Gasteiger partial charge in [-0.2, -0.15) is 10.2 Å².